The molecule has 0 unspecified atom stereocenters. The number of rotatable bonds is 5. The lowest BCUT2D eigenvalue weighted by atomic mass is 10.3. The van der Waals surface area contributed by atoms with Crippen LogP contribution in [0.25, 0.3) is 0 Å². The Kier molecular flexibility index (Phi) is 4.90. The van der Waals surface area contributed by atoms with Gasteiger partial charge in [-0.2, -0.15) is 0 Å². The van der Waals surface area contributed by atoms with Gasteiger partial charge in [-0.25, -0.2) is 9.78 Å². The van der Waals surface area contributed by atoms with Gasteiger partial charge in [0.05, 0.1) is 5.69 Å². The van der Waals surface area contributed by atoms with Gasteiger partial charge in [-0.15, -0.1) is 11.3 Å². The van der Waals surface area contributed by atoms with Crippen LogP contribution in [0.3, 0.4) is 0 Å². The van der Waals surface area contributed by atoms with Gasteiger partial charge in [0.25, 0.3) is 0 Å². The van der Waals surface area contributed by atoms with E-state index in [1.807, 2.05) is 23.6 Å². The summed E-state index contributed by atoms with van der Waals surface area (Å²) in [7, 11) is 0. The number of thiophene rings is 1. The van der Waals surface area contributed by atoms with Gasteiger partial charge >= 0.3 is 6.03 Å². The van der Waals surface area contributed by atoms with Crippen LogP contribution in [0.5, 0.6) is 0 Å². The van der Waals surface area contributed by atoms with Crippen molar-refractivity contribution in [1.82, 2.24) is 10.3 Å². The third kappa shape index (κ3) is 3.76. The number of aromatic nitrogens is 1. The van der Waals surface area contributed by atoms with Crippen LogP contribution in [-0.4, -0.2) is 30.6 Å². The Bertz CT molecular complexity index is 608. The van der Waals surface area contributed by atoms with Gasteiger partial charge < -0.3 is 15.5 Å². The van der Waals surface area contributed by atoms with Gasteiger partial charge in [0, 0.05) is 30.7 Å². The summed E-state index contributed by atoms with van der Waals surface area (Å²) in [6.45, 7) is 2.64. The second-order valence-corrected chi connectivity index (χ2v) is 6.31. The zero-order valence-corrected chi connectivity index (χ0v) is 13.2. The van der Waals surface area contributed by atoms with Crippen molar-refractivity contribution in [3.63, 3.8) is 0 Å². The van der Waals surface area contributed by atoms with Gasteiger partial charge in [-0.05, 0) is 42.8 Å². The molecule has 1 aliphatic heterocycles. The van der Waals surface area contributed by atoms with Crippen LogP contribution in [0.2, 0.25) is 0 Å². The molecule has 0 saturated carbocycles. The van der Waals surface area contributed by atoms with Crippen LogP contribution < -0.4 is 15.5 Å². The van der Waals surface area contributed by atoms with E-state index in [0.717, 1.165) is 31.0 Å². The first-order valence-electron chi connectivity index (χ1n) is 7.60. The van der Waals surface area contributed by atoms with Crippen LogP contribution in [0, 0.1) is 0 Å². The number of carbonyl (C=O) groups is 1. The summed E-state index contributed by atoms with van der Waals surface area (Å²) in [5, 5.41) is 7.86. The third-order valence-corrected chi connectivity index (χ3v) is 4.61. The quantitative estimate of drug-likeness (QED) is 0.891. The van der Waals surface area contributed by atoms with Crippen LogP contribution in [0.4, 0.5) is 16.3 Å². The summed E-state index contributed by atoms with van der Waals surface area (Å²) >= 11 is 1.71. The van der Waals surface area contributed by atoms with E-state index >= 15 is 0 Å². The van der Waals surface area contributed by atoms with Crippen LogP contribution in [0.15, 0.2) is 35.8 Å². The highest BCUT2D eigenvalue weighted by molar-refractivity contribution is 7.09. The predicted octanol–water partition coefficient (Wildman–Crippen LogP) is 3.11. The normalized spacial score (nSPS) is 14.1. The molecule has 116 valence electrons. The number of urea groups is 1. The predicted molar refractivity (Wildman–Crippen MR) is 90.7 cm³/mol. The van der Waals surface area contributed by atoms with E-state index in [-0.39, 0.29) is 6.03 Å². The molecule has 22 heavy (non-hydrogen) atoms. The van der Waals surface area contributed by atoms with Crippen molar-refractivity contribution in [3.05, 3.63) is 40.7 Å². The minimum Gasteiger partial charge on any atom is -0.355 e. The largest absolute Gasteiger partial charge is 0.355 e. The van der Waals surface area contributed by atoms with E-state index in [2.05, 4.69) is 26.6 Å². The maximum Gasteiger partial charge on any atom is 0.319 e. The second kappa shape index (κ2) is 7.26. The Morgan fingerprint density at radius 1 is 1.27 bits per heavy atom. The van der Waals surface area contributed by atoms with E-state index in [1.165, 1.54) is 17.7 Å². The maximum absolute atomic E-state index is 12.0. The fourth-order valence-electron chi connectivity index (χ4n) is 2.60. The number of hydrogen-bond donors (Lipinski definition) is 2. The molecule has 0 bridgehead atoms. The lowest BCUT2D eigenvalue weighted by Crippen LogP contribution is -2.31. The molecule has 1 saturated heterocycles. The molecule has 2 aromatic heterocycles. The molecule has 0 atom stereocenters. The van der Waals surface area contributed by atoms with Gasteiger partial charge in [-0.1, -0.05) is 6.07 Å². The van der Waals surface area contributed by atoms with Crippen LogP contribution in [0.1, 0.15) is 17.7 Å². The van der Waals surface area contributed by atoms with Crippen molar-refractivity contribution in [1.29, 1.82) is 0 Å². The molecule has 1 fully saturated rings. The highest BCUT2D eigenvalue weighted by Gasteiger charge is 2.17. The Balaban J connectivity index is 1.54. The maximum atomic E-state index is 12.0. The van der Waals surface area contributed by atoms with E-state index in [4.69, 9.17) is 0 Å². The number of nitrogens with zero attached hydrogens (tertiary/aromatic N) is 2. The van der Waals surface area contributed by atoms with Crippen LogP contribution >= 0.6 is 11.3 Å². The summed E-state index contributed by atoms with van der Waals surface area (Å²) < 4.78 is 0. The standard InChI is InChI=1S/C16H20N4OS/c21-16(18-9-7-13-5-4-12-22-13)19-14-6-3-8-17-15(14)20-10-1-2-11-20/h3-6,8,12H,1-2,7,9-11H2,(H2,18,19,21). The monoisotopic (exact) mass is 316 g/mol. The van der Waals surface area contributed by atoms with Crippen molar-refractivity contribution in [2.24, 2.45) is 0 Å². The number of hydrogen-bond acceptors (Lipinski definition) is 4. The number of amides is 2. The molecule has 6 heteroatoms. The van der Waals surface area contributed by atoms with Crippen molar-refractivity contribution in [3.8, 4) is 0 Å². The van der Waals surface area contributed by atoms with E-state index in [9.17, 15) is 4.79 Å². The molecule has 3 rings (SSSR count). The smallest absolute Gasteiger partial charge is 0.319 e. The lowest BCUT2D eigenvalue weighted by molar-refractivity contribution is 0.252. The third-order valence-electron chi connectivity index (χ3n) is 3.68. The minimum atomic E-state index is -0.176. The number of anilines is 2. The van der Waals surface area contributed by atoms with Crippen molar-refractivity contribution in [2.45, 2.75) is 19.3 Å². The Labute approximate surface area is 134 Å². The fraction of sp³-hybridized carbons (Fsp3) is 0.375. The molecule has 0 aliphatic carbocycles. The van der Waals surface area contributed by atoms with Crippen molar-refractivity contribution in [2.75, 3.05) is 29.9 Å². The highest BCUT2D eigenvalue weighted by Crippen LogP contribution is 2.25. The van der Waals surface area contributed by atoms with Gasteiger partial charge in [0.2, 0.25) is 0 Å². The zero-order chi connectivity index (χ0) is 15.2. The molecular formula is C16H20N4OS. The fourth-order valence-corrected chi connectivity index (χ4v) is 3.31. The molecule has 3 heterocycles. The molecule has 0 spiro atoms. The first-order chi connectivity index (χ1) is 10.8. The first-order valence-corrected chi connectivity index (χ1v) is 8.48. The lowest BCUT2D eigenvalue weighted by Gasteiger charge is -2.20. The summed E-state index contributed by atoms with van der Waals surface area (Å²) in [6, 6.07) is 7.68. The molecule has 2 amide bonds. The highest BCUT2D eigenvalue weighted by atomic mass is 32.1. The molecule has 0 radical (unpaired) electrons. The van der Waals surface area contributed by atoms with E-state index in [0.29, 0.717) is 6.54 Å². The average Bonchev–Trinajstić information content (AvgIpc) is 3.21. The molecule has 2 N–H and O–H groups in total. The Morgan fingerprint density at radius 2 is 2.14 bits per heavy atom. The van der Waals surface area contributed by atoms with Gasteiger partial charge in [-0.3, -0.25) is 0 Å². The van der Waals surface area contributed by atoms with Crippen molar-refractivity contribution >= 4 is 28.9 Å². The van der Waals surface area contributed by atoms with E-state index in [1.54, 1.807) is 17.5 Å². The second-order valence-electron chi connectivity index (χ2n) is 5.28. The van der Waals surface area contributed by atoms with Gasteiger partial charge in [0.15, 0.2) is 5.82 Å². The van der Waals surface area contributed by atoms with Crippen LogP contribution in [-0.2, 0) is 6.42 Å². The first kappa shape index (κ1) is 14.8. The minimum absolute atomic E-state index is 0.176. The molecule has 0 aromatic carbocycles. The SMILES string of the molecule is O=C(NCCc1cccs1)Nc1cccnc1N1CCCC1. The molecule has 2 aromatic rings. The topological polar surface area (TPSA) is 57.3 Å². The Hall–Kier alpha value is -2.08. The van der Waals surface area contributed by atoms with E-state index < -0.39 is 0 Å². The molecule has 1 aliphatic rings. The summed E-state index contributed by atoms with van der Waals surface area (Å²) in [5.41, 5.74) is 0.776. The zero-order valence-electron chi connectivity index (χ0n) is 12.4. The molecular weight excluding hydrogens is 296 g/mol. The van der Waals surface area contributed by atoms with Gasteiger partial charge in [0.1, 0.15) is 0 Å². The number of pyridine rings is 1. The average molecular weight is 316 g/mol. The number of nitrogens with one attached hydrogen (secondary N) is 2. The van der Waals surface area contributed by atoms with Crippen molar-refractivity contribution < 1.29 is 4.79 Å². The Morgan fingerprint density at radius 3 is 2.91 bits per heavy atom. The molecule has 5 nitrogen and oxygen atoms in total. The number of carbonyl (C=O) groups excluding carboxylic acids is 1. The summed E-state index contributed by atoms with van der Waals surface area (Å²) in [5.74, 6) is 0.869. The summed E-state index contributed by atoms with van der Waals surface area (Å²) in [6.07, 6.45) is 5.00. The summed E-state index contributed by atoms with van der Waals surface area (Å²) in [4.78, 5) is 20.0.